The van der Waals surface area contributed by atoms with Crippen molar-refractivity contribution in [3.63, 3.8) is 0 Å². The van der Waals surface area contributed by atoms with Crippen LogP contribution in [0.2, 0.25) is 0 Å². The third-order valence-electron chi connectivity index (χ3n) is 3.90. The van der Waals surface area contributed by atoms with Crippen LogP contribution in [0, 0.1) is 17.2 Å². The molecule has 0 aliphatic carbocycles. The maximum Gasteiger partial charge on any atom is 0.243 e. The zero-order valence-electron chi connectivity index (χ0n) is 14.5. The van der Waals surface area contributed by atoms with Crippen LogP contribution >= 0.6 is 0 Å². The van der Waals surface area contributed by atoms with Crippen molar-refractivity contribution in [3.05, 3.63) is 35.9 Å². The van der Waals surface area contributed by atoms with E-state index in [4.69, 9.17) is 5.26 Å². The van der Waals surface area contributed by atoms with E-state index >= 15 is 0 Å². The molecular weight excluding hydrogens is 302 g/mol. The number of amides is 2. The van der Waals surface area contributed by atoms with Gasteiger partial charge < -0.3 is 10.6 Å². The number of hydrogen-bond acceptors (Lipinski definition) is 3. The highest BCUT2D eigenvalue weighted by atomic mass is 16.2. The minimum atomic E-state index is -0.663. The molecule has 0 aliphatic rings. The lowest BCUT2D eigenvalue weighted by atomic mass is 9.96. The molecule has 0 saturated carbocycles. The molecular formula is C19H27N3O2. The summed E-state index contributed by atoms with van der Waals surface area (Å²) in [7, 11) is 0. The third-order valence-corrected chi connectivity index (χ3v) is 3.90. The average Bonchev–Trinajstić information content (AvgIpc) is 2.59. The second-order valence-corrected chi connectivity index (χ2v) is 5.90. The Hall–Kier alpha value is -2.35. The first-order chi connectivity index (χ1) is 11.6. The SMILES string of the molecule is CCCC(CCC)C(=O)NC(Cc1ccccc1)C(=O)NCC#N. The van der Waals surface area contributed by atoms with Crippen LogP contribution in [0.25, 0.3) is 0 Å². The standard InChI is InChI=1S/C19H27N3O2/c1-3-8-16(9-4-2)18(23)22-17(19(24)21-13-12-20)14-15-10-6-5-7-11-15/h5-7,10-11,16-17H,3-4,8-9,13-14H2,1-2H3,(H,21,24)(H,22,23). The fraction of sp³-hybridized carbons (Fsp3) is 0.526. The summed E-state index contributed by atoms with van der Waals surface area (Å²) in [5.74, 6) is -0.464. The van der Waals surface area contributed by atoms with E-state index in [-0.39, 0.29) is 24.3 Å². The molecule has 5 nitrogen and oxygen atoms in total. The lowest BCUT2D eigenvalue weighted by Crippen LogP contribution is -2.49. The van der Waals surface area contributed by atoms with Gasteiger partial charge in [0.25, 0.3) is 0 Å². The normalized spacial score (nSPS) is 11.6. The maximum atomic E-state index is 12.5. The van der Waals surface area contributed by atoms with E-state index in [0.717, 1.165) is 31.2 Å². The number of benzene rings is 1. The van der Waals surface area contributed by atoms with Crippen LogP contribution in [-0.2, 0) is 16.0 Å². The second kappa shape index (κ2) is 11.2. The molecule has 0 aromatic heterocycles. The molecule has 1 aromatic rings. The van der Waals surface area contributed by atoms with E-state index in [9.17, 15) is 9.59 Å². The van der Waals surface area contributed by atoms with Crippen molar-refractivity contribution in [2.45, 2.75) is 52.0 Å². The summed E-state index contributed by atoms with van der Waals surface area (Å²) in [6, 6.07) is 10.8. The fourth-order valence-corrected chi connectivity index (χ4v) is 2.70. The molecule has 0 spiro atoms. The number of carbonyl (C=O) groups is 2. The maximum absolute atomic E-state index is 12.5. The van der Waals surface area contributed by atoms with Crippen LogP contribution in [-0.4, -0.2) is 24.4 Å². The van der Waals surface area contributed by atoms with Gasteiger partial charge in [0.2, 0.25) is 11.8 Å². The summed E-state index contributed by atoms with van der Waals surface area (Å²) in [6.45, 7) is 4.04. The van der Waals surface area contributed by atoms with E-state index < -0.39 is 6.04 Å². The summed E-state index contributed by atoms with van der Waals surface area (Å²) in [6.07, 6.45) is 3.91. The molecule has 0 heterocycles. The second-order valence-electron chi connectivity index (χ2n) is 5.90. The van der Waals surface area contributed by atoms with Crippen LogP contribution in [0.5, 0.6) is 0 Å². The van der Waals surface area contributed by atoms with Crippen molar-refractivity contribution in [1.29, 1.82) is 5.26 Å². The molecule has 1 rings (SSSR count). The molecule has 1 unspecified atom stereocenters. The van der Waals surface area contributed by atoms with E-state index in [1.54, 1.807) is 0 Å². The minimum Gasteiger partial charge on any atom is -0.344 e. The molecule has 24 heavy (non-hydrogen) atoms. The summed E-state index contributed by atoms with van der Waals surface area (Å²) >= 11 is 0. The Balaban J connectivity index is 2.81. The Kier molecular flexibility index (Phi) is 9.21. The van der Waals surface area contributed by atoms with Crippen molar-refractivity contribution < 1.29 is 9.59 Å². The number of rotatable bonds is 10. The Morgan fingerprint density at radius 1 is 1.08 bits per heavy atom. The third kappa shape index (κ3) is 6.82. The van der Waals surface area contributed by atoms with Crippen LogP contribution in [0.1, 0.15) is 45.1 Å². The van der Waals surface area contributed by atoms with Gasteiger partial charge in [0.1, 0.15) is 12.6 Å². The van der Waals surface area contributed by atoms with Crippen molar-refractivity contribution >= 4 is 11.8 Å². The van der Waals surface area contributed by atoms with Gasteiger partial charge in [-0.25, -0.2) is 0 Å². The van der Waals surface area contributed by atoms with Gasteiger partial charge in [-0.2, -0.15) is 5.26 Å². The van der Waals surface area contributed by atoms with Gasteiger partial charge in [-0.05, 0) is 18.4 Å². The Labute approximate surface area is 144 Å². The highest BCUT2D eigenvalue weighted by Gasteiger charge is 2.24. The molecule has 0 saturated heterocycles. The number of nitrogens with zero attached hydrogens (tertiary/aromatic N) is 1. The summed E-state index contributed by atoms with van der Waals surface area (Å²) in [4.78, 5) is 24.8. The molecule has 1 atom stereocenters. The van der Waals surface area contributed by atoms with E-state index in [2.05, 4.69) is 24.5 Å². The van der Waals surface area contributed by atoms with E-state index in [1.165, 1.54) is 0 Å². The molecule has 2 amide bonds. The van der Waals surface area contributed by atoms with E-state index in [1.807, 2.05) is 36.4 Å². The number of hydrogen-bond donors (Lipinski definition) is 2. The molecule has 0 radical (unpaired) electrons. The molecule has 0 fully saturated rings. The van der Waals surface area contributed by atoms with Crippen LogP contribution in [0.4, 0.5) is 0 Å². The Bertz CT molecular complexity index is 545. The predicted molar refractivity (Wildman–Crippen MR) is 94.0 cm³/mol. The van der Waals surface area contributed by atoms with Crippen molar-refractivity contribution in [3.8, 4) is 6.07 Å². The highest BCUT2D eigenvalue weighted by Crippen LogP contribution is 2.14. The van der Waals surface area contributed by atoms with Gasteiger partial charge in [-0.15, -0.1) is 0 Å². The summed E-state index contributed by atoms with van der Waals surface area (Å²) in [5, 5.41) is 14.1. The van der Waals surface area contributed by atoms with Crippen LogP contribution in [0.15, 0.2) is 30.3 Å². The molecule has 0 aliphatic heterocycles. The van der Waals surface area contributed by atoms with Crippen molar-refractivity contribution in [2.24, 2.45) is 5.92 Å². The first kappa shape index (κ1) is 19.7. The molecule has 2 N–H and O–H groups in total. The first-order valence-corrected chi connectivity index (χ1v) is 8.61. The monoisotopic (exact) mass is 329 g/mol. The minimum absolute atomic E-state index is 0.0622. The molecule has 0 bridgehead atoms. The van der Waals surface area contributed by atoms with Gasteiger partial charge in [-0.1, -0.05) is 57.0 Å². The lowest BCUT2D eigenvalue weighted by Gasteiger charge is -2.22. The number of nitriles is 1. The number of carbonyl (C=O) groups excluding carboxylic acids is 2. The van der Waals surface area contributed by atoms with Gasteiger partial charge >= 0.3 is 0 Å². The van der Waals surface area contributed by atoms with Gasteiger partial charge in [-0.3, -0.25) is 9.59 Å². The van der Waals surface area contributed by atoms with E-state index in [0.29, 0.717) is 6.42 Å². The average molecular weight is 329 g/mol. The quantitative estimate of drug-likeness (QED) is 0.647. The first-order valence-electron chi connectivity index (χ1n) is 8.61. The molecule has 5 heteroatoms. The topological polar surface area (TPSA) is 82.0 Å². The van der Waals surface area contributed by atoms with Gasteiger partial charge in [0.05, 0.1) is 6.07 Å². The van der Waals surface area contributed by atoms with Gasteiger partial charge in [0.15, 0.2) is 0 Å². The smallest absolute Gasteiger partial charge is 0.243 e. The predicted octanol–water partition coefficient (Wildman–Crippen LogP) is 2.57. The highest BCUT2D eigenvalue weighted by molar-refractivity contribution is 5.88. The largest absolute Gasteiger partial charge is 0.344 e. The Morgan fingerprint density at radius 3 is 2.25 bits per heavy atom. The van der Waals surface area contributed by atoms with Crippen molar-refractivity contribution in [1.82, 2.24) is 10.6 Å². The van der Waals surface area contributed by atoms with Crippen molar-refractivity contribution in [2.75, 3.05) is 6.54 Å². The number of nitrogens with one attached hydrogen (secondary N) is 2. The van der Waals surface area contributed by atoms with Gasteiger partial charge in [0, 0.05) is 12.3 Å². The fourth-order valence-electron chi connectivity index (χ4n) is 2.70. The zero-order chi connectivity index (χ0) is 17.8. The Morgan fingerprint density at radius 2 is 1.71 bits per heavy atom. The molecule has 1 aromatic carbocycles. The lowest BCUT2D eigenvalue weighted by molar-refractivity contribution is -0.131. The summed E-state index contributed by atoms with van der Waals surface area (Å²) in [5.41, 5.74) is 0.970. The summed E-state index contributed by atoms with van der Waals surface area (Å²) < 4.78 is 0. The zero-order valence-corrected chi connectivity index (χ0v) is 14.5. The van der Waals surface area contributed by atoms with Crippen LogP contribution in [0.3, 0.4) is 0 Å². The van der Waals surface area contributed by atoms with Crippen LogP contribution < -0.4 is 10.6 Å². The molecule has 130 valence electrons.